The third-order valence-electron chi connectivity index (χ3n) is 11.2. The summed E-state index contributed by atoms with van der Waals surface area (Å²) in [5, 5.41) is 40.7. The van der Waals surface area contributed by atoms with Crippen LogP contribution in [-0.4, -0.2) is 43.7 Å². The van der Waals surface area contributed by atoms with Gasteiger partial charge in [0.2, 0.25) is 0 Å². The van der Waals surface area contributed by atoms with E-state index in [1.165, 1.54) is 31.3 Å². The van der Waals surface area contributed by atoms with Crippen LogP contribution in [-0.2, 0) is 4.79 Å². The van der Waals surface area contributed by atoms with Crippen LogP contribution in [0.3, 0.4) is 0 Å². The summed E-state index contributed by atoms with van der Waals surface area (Å²) in [7, 11) is 0. The van der Waals surface area contributed by atoms with E-state index in [1.807, 2.05) is 0 Å². The average molecular weight is 477 g/mol. The van der Waals surface area contributed by atoms with Gasteiger partial charge in [-0.1, -0.05) is 32.4 Å². The summed E-state index contributed by atoms with van der Waals surface area (Å²) in [5.74, 6) is 2.32. The fraction of sp³-hybridized carbons (Fsp3) is 0.897. The van der Waals surface area contributed by atoms with Gasteiger partial charge in [0.05, 0.1) is 23.7 Å². The topological polar surface area (TPSA) is 98.0 Å². The molecule has 0 aliphatic heterocycles. The highest BCUT2D eigenvalue weighted by Gasteiger charge is 2.60. The number of hydrogen-bond acceptors (Lipinski definition) is 4. The molecule has 0 amide bonds. The lowest BCUT2D eigenvalue weighted by Gasteiger charge is -2.59. The van der Waals surface area contributed by atoms with Gasteiger partial charge in [0.25, 0.3) is 0 Å². The Bertz CT molecular complexity index is 814. The minimum atomic E-state index is -1.09. The van der Waals surface area contributed by atoms with Crippen LogP contribution in [0.1, 0.15) is 105 Å². The van der Waals surface area contributed by atoms with E-state index in [4.69, 9.17) is 0 Å². The fourth-order valence-electron chi connectivity index (χ4n) is 9.10. The predicted molar refractivity (Wildman–Crippen MR) is 133 cm³/mol. The van der Waals surface area contributed by atoms with Crippen molar-refractivity contribution in [3.8, 4) is 0 Å². The number of carbonyl (C=O) groups is 1. The Balaban J connectivity index is 1.48. The molecule has 5 heteroatoms. The van der Waals surface area contributed by atoms with Crippen LogP contribution < -0.4 is 0 Å². The standard InChI is InChI=1S/C29H48O5/c1-18(6-11-24(30)26(2,3)33)21-9-10-22-20-8-7-19-16-29(34,17-25(31)32)15-14-27(19,4)23(20)12-13-28(21,22)5/h7,18,20-24,30,33-34H,6,8-17H2,1-5H3,(H,31,32)/t18-,20+,21-,22+,23+,24?,27+,28-,29-/m1/s1. The highest BCUT2D eigenvalue weighted by atomic mass is 16.4. The van der Waals surface area contributed by atoms with E-state index < -0.39 is 23.3 Å². The van der Waals surface area contributed by atoms with Crippen LogP contribution in [0.15, 0.2) is 11.6 Å². The lowest BCUT2D eigenvalue weighted by Crippen LogP contribution is -2.52. The van der Waals surface area contributed by atoms with Crippen molar-refractivity contribution in [2.75, 3.05) is 0 Å². The van der Waals surface area contributed by atoms with Gasteiger partial charge in [0.1, 0.15) is 0 Å². The fourth-order valence-corrected chi connectivity index (χ4v) is 9.10. The largest absolute Gasteiger partial charge is 0.481 e. The molecular formula is C29H48O5. The van der Waals surface area contributed by atoms with Crippen molar-refractivity contribution in [2.45, 2.75) is 123 Å². The monoisotopic (exact) mass is 476 g/mol. The highest BCUT2D eigenvalue weighted by molar-refractivity contribution is 5.68. The summed E-state index contributed by atoms with van der Waals surface area (Å²) in [4.78, 5) is 11.3. The van der Waals surface area contributed by atoms with Crippen molar-refractivity contribution in [3.05, 3.63) is 11.6 Å². The van der Waals surface area contributed by atoms with E-state index in [0.29, 0.717) is 54.3 Å². The summed E-state index contributed by atoms with van der Waals surface area (Å²) in [6.07, 6.45) is 11.2. The number of hydrogen-bond donors (Lipinski definition) is 4. The molecule has 4 aliphatic carbocycles. The van der Waals surface area contributed by atoms with Gasteiger partial charge in [-0.2, -0.15) is 0 Å². The lowest BCUT2D eigenvalue weighted by molar-refractivity contribution is -0.145. The zero-order valence-corrected chi connectivity index (χ0v) is 22.0. The average Bonchev–Trinajstić information content (AvgIpc) is 3.08. The number of carboxylic acid groups (broad SMARTS) is 1. The molecule has 5 nitrogen and oxygen atoms in total. The third kappa shape index (κ3) is 4.50. The van der Waals surface area contributed by atoms with E-state index in [1.54, 1.807) is 13.8 Å². The summed E-state index contributed by atoms with van der Waals surface area (Å²) in [6, 6.07) is 0. The molecule has 0 radical (unpaired) electrons. The van der Waals surface area contributed by atoms with Gasteiger partial charge in [-0.05, 0) is 118 Å². The maximum Gasteiger partial charge on any atom is 0.306 e. The third-order valence-corrected chi connectivity index (χ3v) is 11.2. The van der Waals surface area contributed by atoms with E-state index >= 15 is 0 Å². The molecule has 3 fully saturated rings. The molecule has 34 heavy (non-hydrogen) atoms. The lowest BCUT2D eigenvalue weighted by atomic mass is 9.46. The summed E-state index contributed by atoms with van der Waals surface area (Å²) in [6.45, 7) is 10.7. The quantitative estimate of drug-likeness (QED) is 0.373. The SMILES string of the molecule is C[C@H](CCC(O)C(C)(C)O)[C@H]1CC[C@H]2[C@@H]3CC=C4C[C@@](O)(CC(=O)O)CC[C@]4(C)[C@H]3CC[C@]12C. The molecule has 0 aromatic heterocycles. The molecule has 0 saturated heterocycles. The van der Waals surface area contributed by atoms with Crippen molar-refractivity contribution < 1.29 is 25.2 Å². The van der Waals surface area contributed by atoms with Gasteiger partial charge in [0, 0.05) is 0 Å². The van der Waals surface area contributed by atoms with E-state index in [0.717, 1.165) is 19.3 Å². The zero-order chi connectivity index (χ0) is 25.1. The Morgan fingerprint density at radius 1 is 1.12 bits per heavy atom. The van der Waals surface area contributed by atoms with Gasteiger partial charge in [0.15, 0.2) is 0 Å². The van der Waals surface area contributed by atoms with Crippen molar-refractivity contribution in [2.24, 2.45) is 40.4 Å². The van der Waals surface area contributed by atoms with Crippen LogP contribution in [0, 0.1) is 40.4 Å². The smallest absolute Gasteiger partial charge is 0.306 e. The van der Waals surface area contributed by atoms with Crippen LogP contribution in [0.25, 0.3) is 0 Å². The molecule has 0 aromatic rings. The van der Waals surface area contributed by atoms with Gasteiger partial charge in [-0.15, -0.1) is 0 Å². The number of aliphatic carboxylic acids is 1. The van der Waals surface area contributed by atoms with E-state index in [9.17, 15) is 25.2 Å². The Morgan fingerprint density at radius 2 is 1.82 bits per heavy atom. The van der Waals surface area contributed by atoms with Crippen LogP contribution >= 0.6 is 0 Å². The molecule has 0 spiro atoms. The summed E-state index contributed by atoms with van der Waals surface area (Å²) >= 11 is 0. The molecule has 1 unspecified atom stereocenters. The number of fused-ring (bicyclic) bond motifs is 5. The van der Waals surface area contributed by atoms with Crippen molar-refractivity contribution in [3.63, 3.8) is 0 Å². The van der Waals surface area contributed by atoms with Gasteiger partial charge < -0.3 is 20.4 Å². The van der Waals surface area contributed by atoms with Crippen LogP contribution in [0.2, 0.25) is 0 Å². The summed E-state index contributed by atoms with van der Waals surface area (Å²) in [5.41, 5.74) is -0.390. The number of allylic oxidation sites excluding steroid dienone is 1. The maximum absolute atomic E-state index is 11.3. The molecule has 9 atom stereocenters. The molecule has 4 rings (SSSR count). The van der Waals surface area contributed by atoms with Crippen molar-refractivity contribution in [1.29, 1.82) is 0 Å². The molecule has 194 valence electrons. The first-order valence-corrected chi connectivity index (χ1v) is 13.7. The Hall–Kier alpha value is -0.910. The maximum atomic E-state index is 11.3. The van der Waals surface area contributed by atoms with E-state index in [-0.39, 0.29) is 11.8 Å². The molecule has 0 bridgehead atoms. The van der Waals surface area contributed by atoms with Crippen molar-refractivity contribution in [1.82, 2.24) is 0 Å². The normalized spacial score (nSPS) is 43.8. The van der Waals surface area contributed by atoms with Crippen LogP contribution in [0.5, 0.6) is 0 Å². The first-order valence-electron chi connectivity index (χ1n) is 13.7. The predicted octanol–water partition coefficient (Wildman–Crippen LogP) is 5.32. The Kier molecular flexibility index (Phi) is 6.84. The molecule has 0 heterocycles. The first kappa shape index (κ1) is 26.2. The minimum absolute atomic E-state index is 0.0928. The van der Waals surface area contributed by atoms with E-state index in [2.05, 4.69) is 26.8 Å². The number of aliphatic hydroxyl groups is 3. The molecule has 4 N–H and O–H groups in total. The number of aliphatic hydroxyl groups excluding tert-OH is 1. The zero-order valence-electron chi connectivity index (χ0n) is 22.0. The number of carboxylic acids is 1. The summed E-state index contributed by atoms with van der Waals surface area (Å²) < 4.78 is 0. The molecule has 3 saturated carbocycles. The minimum Gasteiger partial charge on any atom is -0.481 e. The second-order valence-electron chi connectivity index (χ2n) is 13.7. The van der Waals surface area contributed by atoms with Gasteiger partial charge in [-0.3, -0.25) is 4.79 Å². The molecular weight excluding hydrogens is 428 g/mol. The molecule has 4 aliphatic rings. The second-order valence-corrected chi connectivity index (χ2v) is 13.7. The number of rotatable bonds is 7. The Morgan fingerprint density at radius 3 is 2.47 bits per heavy atom. The Labute approximate surface area is 206 Å². The van der Waals surface area contributed by atoms with Gasteiger partial charge in [-0.25, -0.2) is 0 Å². The molecule has 0 aromatic carbocycles. The van der Waals surface area contributed by atoms with Crippen LogP contribution in [0.4, 0.5) is 0 Å². The highest BCUT2D eigenvalue weighted by Crippen LogP contribution is 2.67. The van der Waals surface area contributed by atoms with Crippen molar-refractivity contribution >= 4 is 5.97 Å². The first-order chi connectivity index (χ1) is 15.7. The second kappa shape index (κ2) is 8.88. The van der Waals surface area contributed by atoms with Gasteiger partial charge >= 0.3 is 5.97 Å².